The Kier molecular flexibility index (Phi) is 5.13. The Morgan fingerprint density at radius 1 is 1.00 bits per heavy atom. The van der Waals surface area contributed by atoms with Crippen LogP contribution < -0.4 is 0 Å². The first-order chi connectivity index (χ1) is 13.7. The Morgan fingerprint density at radius 2 is 1.86 bits per heavy atom. The molecule has 0 aliphatic rings. The van der Waals surface area contributed by atoms with Crippen molar-refractivity contribution in [3.05, 3.63) is 108 Å². The summed E-state index contributed by atoms with van der Waals surface area (Å²) >= 11 is 5.99. The van der Waals surface area contributed by atoms with Crippen molar-refractivity contribution >= 4 is 23.5 Å². The van der Waals surface area contributed by atoms with Gasteiger partial charge in [-0.3, -0.25) is 9.78 Å². The third kappa shape index (κ3) is 3.92. The standard InChI is InChI=1S/C23H16ClN3O/c24-20-8-4-6-17(14-20)22(28)12-11-19-16-27(21-9-2-1-3-10-21)26-23(19)18-7-5-13-25-15-18/h1-16H/b12-11+. The van der Waals surface area contributed by atoms with E-state index in [1.807, 2.05) is 48.7 Å². The average Bonchev–Trinajstić information content (AvgIpc) is 3.17. The number of hydrogen-bond donors (Lipinski definition) is 0. The second-order valence-electron chi connectivity index (χ2n) is 6.16. The fourth-order valence-corrected chi connectivity index (χ4v) is 3.04. The van der Waals surface area contributed by atoms with Gasteiger partial charge in [0.25, 0.3) is 0 Å². The lowest BCUT2D eigenvalue weighted by molar-refractivity contribution is 0.104. The third-order valence-electron chi connectivity index (χ3n) is 4.22. The molecule has 0 atom stereocenters. The number of aromatic nitrogens is 3. The van der Waals surface area contributed by atoms with E-state index in [9.17, 15) is 4.79 Å². The van der Waals surface area contributed by atoms with Crippen molar-refractivity contribution in [1.29, 1.82) is 0 Å². The summed E-state index contributed by atoms with van der Waals surface area (Å²) in [7, 11) is 0. The molecule has 0 spiro atoms. The molecule has 28 heavy (non-hydrogen) atoms. The van der Waals surface area contributed by atoms with E-state index >= 15 is 0 Å². The zero-order valence-corrected chi connectivity index (χ0v) is 15.6. The maximum Gasteiger partial charge on any atom is 0.185 e. The predicted octanol–water partition coefficient (Wildman–Crippen LogP) is 5.48. The van der Waals surface area contributed by atoms with E-state index in [2.05, 4.69) is 4.98 Å². The summed E-state index contributed by atoms with van der Waals surface area (Å²) in [6.07, 6.45) is 8.69. The Hall–Kier alpha value is -3.50. The lowest BCUT2D eigenvalue weighted by Gasteiger charge is -2.00. The molecule has 2 aromatic heterocycles. The van der Waals surface area contributed by atoms with Gasteiger partial charge in [-0.25, -0.2) is 4.68 Å². The van der Waals surface area contributed by atoms with E-state index in [1.54, 1.807) is 47.4 Å². The third-order valence-corrected chi connectivity index (χ3v) is 4.46. The highest BCUT2D eigenvalue weighted by Crippen LogP contribution is 2.24. The van der Waals surface area contributed by atoms with Crippen LogP contribution in [0.3, 0.4) is 0 Å². The number of hydrogen-bond acceptors (Lipinski definition) is 3. The van der Waals surface area contributed by atoms with Crippen molar-refractivity contribution in [1.82, 2.24) is 14.8 Å². The van der Waals surface area contributed by atoms with E-state index < -0.39 is 0 Å². The molecule has 2 aromatic carbocycles. The average molecular weight is 386 g/mol. The number of para-hydroxylation sites is 1. The maximum absolute atomic E-state index is 12.5. The molecule has 0 amide bonds. The van der Waals surface area contributed by atoms with E-state index in [1.165, 1.54) is 6.08 Å². The largest absolute Gasteiger partial charge is 0.289 e. The molecule has 4 rings (SSSR count). The van der Waals surface area contributed by atoms with E-state index in [4.69, 9.17) is 16.7 Å². The first kappa shape index (κ1) is 17.9. The van der Waals surface area contributed by atoms with Gasteiger partial charge in [-0.2, -0.15) is 5.10 Å². The van der Waals surface area contributed by atoms with Crippen molar-refractivity contribution in [3.63, 3.8) is 0 Å². The van der Waals surface area contributed by atoms with Gasteiger partial charge in [0.1, 0.15) is 5.69 Å². The molecular formula is C23H16ClN3O. The minimum Gasteiger partial charge on any atom is -0.289 e. The van der Waals surface area contributed by atoms with Gasteiger partial charge < -0.3 is 0 Å². The normalized spacial score (nSPS) is 11.0. The van der Waals surface area contributed by atoms with E-state index in [0.717, 1.165) is 22.5 Å². The van der Waals surface area contributed by atoms with Crippen LogP contribution in [0.15, 0.2) is 91.4 Å². The molecule has 0 unspecified atom stereocenters. The minimum absolute atomic E-state index is 0.118. The highest BCUT2D eigenvalue weighted by molar-refractivity contribution is 6.31. The molecular weight excluding hydrogens is 370 g/mol. The number of carbonyl (C=O) groups excluding carboxylic acids is 1. The highest BCUT2D eigenvalue weighted by Gasteiger charge is 2.11. The van der Waals surface area contributed by atoms with Crippen LogP contribution in [0.5, 0.6) is 0 Å². The number of benzene rings is 2. The fourth-order valence-electron chi connectivity index (χ4n) is 2.85. The molecule has 0 fully saturated rings. The van der Waals surface area contributed by atoms with Crippen LogP contribution in [0.25, 0.3) is 23.0 Å². The first-order valence-corrected chi connectivity index (χ1v) is 9.12. The number of rotatable bonds is 5. The number of carbonyl (C=O) groups is 1. The van der Waals surface area contributed by atoms with Crippen LogP contribution in [0.2, 0.25) is 5.02 Å². The Bertz CT molecular complexity index is 1130. The summed E-state index contributed by atoms with van der Waals surface area (Å²) in [6.45, 7) is 0. The van der Waals surface area contributed by atoms with Gasteiger partial charge in [-0.15, -0.1) is 0 Å². The van der Waals surface area contributed by atoms with Gasteiger partial charge in [0.05, 0.1) is 5.69 Å². The summed E-state index contributed by atoms with van der Waals surface area (Å²) in [5.41, 5.74) is 3.95. The maximum atomic E-state index is 12.5. The van der Waals surface area contributed by atoms with Gasteiger partial charge in [-0.1, -0.05) is 41.9 Å². The van der Waals surface area contributed by atoms with Gasteiger partial charge in [0.15, 0.2) is 5.78 Å². The molecule has 0 saturated heterocycles. The molecule has 0 N–H and O–H groups in total. The molecule has 4 nitrogen and oxygen atoms in total. The van der Waals surface area contributed by atoms with E-state index in [0.29, 0.717) is 10.6 Å². The monoisotopic (exact) mass is 385 g/mol. The number of nitrogens with zero attached hydrogens (tertiary/aromatic N) is 3. The van der Waals surface area contributed by atoms with Crippen LogP contribution in [-0.4, -0.2) is 20.5 Å². The predicted molar refractivity (Wildman–Crippen MR) is 112 cm³/mol. The Balaban J connectivity index is 1.73. The molecule has 4 aromatic rings. The Morgan fingerprint density at radius 3 is 2.61 bits per heavy atom. The zero-order valence-electron chi connectivity index (χ0n) is 14.9. The SMILES string of the molecule is O=C(/C=C/c1cn(-c2ccccc2)nc1-c1cccnc1)c1cccc(Cl)c1. The van der Waals surface area contributed by atoms with Gasteiger partial charge >= 0.3 is 0 Å². The fraction of sp³-hybridized carbons (Fsp3) is 0. The topological polar surface area (TPSA) is 47.8 Å². The lowest BCUT2D eigenvalue weighted by atomic mass is 10.1. The number of ketones is 1. The van der Waals surface area contributed by atoms with Crippen molar-refractivity contribution in [2.45, 2.75) is 0 Å². The van der Waals surface area contributed by atoms with Crippen molar-refractivity contribution in [2.24, 2.45) is 0 Å². The zero-order chi connectivity index (χ0) is 19.3. The number of pyridine rings is 1. The van der Waals surface area contributed by atoms with Gasteiger partial charge in [0.2, 0.25) is 0 Å². The second kappa shape index (κ2) is 8.03. The number of allylic oxidation sites excluding steroid dienone is 1. The molecule has 136 valence electrons. The molecule has 0 saturated carbocycles. The molecule has 0 bridgehead atoms. The number of halogens is 1. The molecule has 0 aliphatic carbocycles. The van der Waals surface area contributed by atoms with E-state index in [-0.39, 0.29) is 5.78 Å². The molecule has 2 heterocycles. The van der Waals surface area contributed by atoms with Crippen molar-refractivity contribution in [2.75, 3.05) is 0 Å². The smallest absolute Gasteiger partial charge is 0.185 e. The summed E-state index contributed by atoms with van der Waals surface area (Å²) in [5, 5.41) is 5.24. The Labute approximate surface area is 167 Å². The summed E-state index contributed by atoms with van der Waals surface area (Å²) in [6, 6.07) is 20.5. The van der Waals surface area contributed by atoms with Gasteiger partial charge in [-0.05, 0) is 48.6 Å². The highest BCUT2D eigenvalue weighted by atomic mass is 35.5. The lowest BCUT2D eigenvalue weighted by Crippen LogP contribution is -1.94. The quantitative estimate of drug-likeness (QED) is 0.337. The molecule has 0 radical (unpaired) electrons. The summed E-state index contributed by atoms with van der Waals surface area (Å²) in [5.74, 6) is -0.118. The summed E-state index contributed by atoms with van der Waals surface area (Å²) < 4.78 is 1.80. The van der Waals surface area contributed by atoms with Crippen LogP contribution in [0, 0.1) is 0 Å². The second-order valence-corrected chi connectivity index (χ2v) is 6.60. The molecule has 5 heteroatoms. The first-order valence-electron chi connectivity index (χ1n) is 8.74. The van der Waals surface area contributed by atoms with Crippen LogP contribution in [-0.2, 0) is 0 Å². The summed E-state index contributed by atoms with van der Waals surface area (Å²) in [4.78, 5) is 16.7. The van der Waals surface area contributed by atoms with Crippen molar-refractivity contribution < 1.29 is 4.79 Å². The van der Waals surface area contributed by atoms with Crippen molar-refractivity contribution in [3.8, 4) is 16.9 Å². The van der Waals surface area contributed by atoms with Gasteiger partial charge in [0, 0.05) is 40.3 Å². The molecule has 0 aliphatic heterocycles. The van der Waals surface area contributed by atoms with Crippen LogP contribution in [0.4, 0.5) is 0 Å². The van der Waals surface area contributed by atoms with Crippen LogP contribution >= 0.6 is 11.6 Å². The minimum atomic E-state index is -0.118. The van der Waals surface area contributed by atoms with Crippen LogP contribution in [0.1, 0.15) is 15.9 Å².